The van der Waals surface area contributed by atoms with E-state index in [1.807, 2.05) is 6.92 Å². The first-order valence-electron chi connectivity index (χ1n) is 8.03. The van der Waals surface area contributed by atoms with E-state index in [0.717, 1.165) is 12.5 Å². The Morgan fingerprint density at radius 2 is 2.04 bits per heavy atom. The minimum absolute atomic E-state index is 0.0471. The first-order chi connectivity index (χ1) is 10.8. The van der Waals surface area contributed by atoms with Gasteiger partial charge in [-0.2, -0.15) is 0 Å². The first-order valence-corrected chi connectivity index (χ1v) is 8.03. The Morgan fingerprint density at radius 3 is 2.61 bits per heavy atom. The zero-order valence-electron chi connectivity index (χ0n) is 13.6. The van der Waals surface area contributed by atoms with Gasteiger partial charge in [0.15, 0.2) is 11.6 Å². The van der Waals surface area contributed by atoms with E-state index in [1.54, 1.807) is 11.8 Å². The molecular formula is C17H24F2N2O2. The van der Waals surface area contributed by atoms with E-state index in [4.69, 9.17) is 10.5 Å². The predicted molar refractivity (Wildman–Crippen MR) is 84.1 cm³/mol. The monoisotopic (exact) mass is 326 g/mol. The van der Waals surface area contributed by atoms with Crippen LogP contribution in [-0.4, -0.2) is 35.5 Å². The van der Waals surface area contributed by atoms with Crippen molar-refractivity contribution in [2.24, 2.45) is 5.73 Å². The number of amides is 1. The van der Waals surface area contributed by atoms with E-state index in [1.165, 1.54) is 12.1 Å². The number of nitrogens with two attached hydrogens (primary N) is 1. The molecule has 2 rings (SSSR count). The second kappa shape index (κ2) is 7.25. The largest absolute Gasteiger partial charge is 0.487 e. The zero-order valence-corrected chi connectivity index (χ0v) is 13.6. The molecule has 0 aromatic heterocycles. The third kappa shape index (κ3) is 4.41. The van der Waals surface area contributed by atoms with Gasteiger partial charge in [0.25, 0.3) is 0 Å². The Bertz CT molecular complexity index is 556. The number of ether oxygens (including phenoxy) is 1. The summed E-state index contributed by atoms with van der Waals surface area (Å²) in [7, 11) is 0. The molecule has 1 amide bonds. The summed E-state index contributed by atoms with van der Waals surface area (Å²) in [5.74, 6) is -1.34. The summed E-state index contributed by atoms with van der Waals surface area (Å²) in [4.78, 5) is 14.2. The number of likely N-dealkylation sites (tertiary alicyclic amines) is 1. The van der Waals surface area contributed by atoms with Crippen LogP contribution in [-0.2, 0) is 4.79 Å². The van der Waals surface area contributed by atoms with E-state index in [0.29, 0.717) is 32.4 Å². The van der Waals surface area contributed by atoms with Gasteiger partial charge in [-0.15, -0.1) is 0 Å². The van der Waals surface area contributed by atoms with Crippen molar-refractivity contribution in [3.8, 4) is 5.75 Å². The molecule has 2 N–H and O–H groups in total. The maximum absolute atomic E-state index is 13.6. The van der Waals surface area contributed by atoms with Crippen LogP contribution in [0.3, 0.4) is 0 Å². The summed E-state index contributed by atoms with van der Waals surface area (Å²) in [6, 6.07) is 3.26. The summed E-state index contributed by atoms with van der Waals surface area (Å²) >= 11 is 0. The van der Waals surface area contributed by atoms with E-state index < -0.39 is 17.2 Å². The Balaban J connectivity index is 1.90. The van der Waals surface area contributed by atoms with Crippen LogP contribution in [0.5, 0.6) is 5.75 Å². The van der Waals surface area contributed by atoms with Gasteiger partial charge in [0.05, 0.1) is 5.54 Å². The number of benzene rings is 1. The van der Waals surface area contributed by atoms with Gasteiger partial charge in [0.2, 0.25) is 5.91 Å². The maximum Gasteiger partial charge on any atom is 0.242 e. The minimum Gasteiger partial charge on any atom is -0.487 e. The smallest absolute Gasteiger partial charge is 0.242 e. The second-order valence-electron chi connectivity index (χ2n) is 6.35. The van der Waals surface area contributed by atoms with E-state index >= 15 is 0 Å². The third-order valence-corrected chi connectivity index (χ3v) is 4.17. The van der Waals surface area contributed by atoms with E-state index in [2.05, 4.69) is 0 Å². The van der Waals surface area contributed by atoms with Gasteiger partial charge in [-0.3, -0.25) is 4.79 Å². The average molecular weight is 326 g/mol. The molecule has 0 radical (unpaired) electrons. The van der Waals surface area contributed by atoms with Crippen LogP contribution in [0.2, 0.25) is 0 Å². The molecule has 1 heterocycles. The normalized spacial score (nSPS) is 18.6. The van der Waals surface area contributed by atoms with Crippen molar-refractivity contribution in [2.75, 3.05) is 13.1 Å². The average Bonchev–Trinajstić information content (AvgIpc) is 2.50. The highest BCUT2D eigenvalue weighted by Crippen LogP contribution is 2.24. The quantitative estimate of drug-likeness (QED) is 0.905. The lowest BCUT2D eigenvalue weighted by Crippen LogP contribution is -2.55. The summed E-state index contributed by atoms with van der Waals surface area (Å²) in [5, 5.41) is 0. The van der Waals surface area contributed by atoms with Crippen LogP contribution in [0.4, 0.5) is 8.78 Å². The van der Waals surface area contributed by atoms with Crippen molar-refractivity contribution >= 4 is 5.91 Å². The molecule has 1 fully saturated rings. The number of halogens is 2. The van der Waals surface area contributed by atoms with Gasteiger partial charge in [-0.25, -0.2) is 8.78 Å². The number of piperidine rings is 1. The molecule has 0 bridgehead atoms. The van der Waals surface area contributed by atoms with Crippen molar-refractivity contribution < 1.29 is 18.3 Å². The summed E-state index contributed by atoms with van der Waals surface area (Å²) < 4.78 is 32.1. The van der Waals surface area contributed by atoms with Crippen molar-refractivity contribution in [3.63, 3.8) is 0 Å². The molecule has 0 saturated carbocycles. The fourth-order valence-electron chi connectivity index (χ4n) is 2.91. The lowest BCUT2D eigenvalue weighted by molar-refractivity contribution is -0.138. The Kier molecular flexibility index (Phi) is 5.57. The molecule has 0 spiro atoms. The number of hydrogen-bond acceptors (Lipinski definition) is 3. The minimum atomic E-state index is -0.842. The molecule has 1 saturated heterocycles. The molecule has 1 aliphatic heterocycles. The van der Waals surface area contributed by atoms with Crippen molar-refractivity contribution in [1.82, 2.24) is 4.90 Å². The summed E-state index contributed by atoms with van der Waals surface area (Å²) in [5.41, 5.74) is 5.24. The molecule has 1 aliphatic rings. The fraction of sp³-hybridized carbons (Fsp3) is 0.588. The Labute approximate surface area is 135 Å². The van der Waals surface area contributed by atoms with Crippen LogP contribution in [0.15, 0.2) is 18.2 Å². The molecule has 1 aromatic carbocycles. The van der Waals surface area contributed by atoms with E-state index in [9.17, 15) is 13.6 Å². The molecule has 1 atom stereocenters. The highest BCUT2D eigenvalue weighted by atomic mass is 19.1. The second-order valence-corrected chi connectivity index (χ2v) is 6.35. The topological polar surface area (TPSA) is 55.6 Å². The lowest BCUT2D eigenvalue weighted by atomic mass is 9.94. The highest BCUT2D eigenvalue weighted by molar-refractivity contribution is 5.85. The third-order valence-electron chi connectivity index (χ3n) is 4.17. The lowest BCUT2D eigenvalue weighted by Gasteiger charge is -2.36. The van der Waals surface area contributed by atoms with Crippen LogP contribution >= 0.6 is 0 Å². The highest BCUT2D eigenvalue weighted by Gasteiger charge is 2.34. The molecule has 6 heteroatoms. The predicted octanol–water partition coefficient (Wildman–Crippen LogP) is 2.85. The molecule has 0 aliphatic carbocycles. The zero-order chi connectivity index (χ0) is 17.0. The molecule has 1 aromatic rings. The first kappa shape index (κ1) is 17.7. The van der Waals surface area contributed by atoms with Crippen LogP contribution in [0.25, 0.3) is 0 Å². The van der Waals surface area contributed by atoms with Crippen molar-refractivity contribution in [1.29, 1.82) is 0 Å². The fourth-order valence-corrected chi connectivity index (χ4v) is 2.91. The number of hydrogen-bond donors (Lipinski definition) is 1. The van der Waals surface area contributed by atoms with Crippen LogP contribution in [0.1, 0.15) is 39.5 Å². The van der Waals surface area contributed by atoms with Gasteiger partial charge < -0.3 is 15.4 Å². The number of carbonyl (C=O) groups is 1. The van der Waals surface area contributed by atoms with E-state index in [-0.39, 0.29) is 17.8 Å². The summed E-state index contributed by atoms with van der Waals surface area (Å²) in [6.45, 7) is 4.82. The molecular weight excluding hydrogens is 302 g/mol. The van der Waals surface area contributed by atoms with Gasteiger partial charge in [-0.1, -0.05) is 13.3 Å². The van der Waals surface area contributed by atoms with Gasteiger partial charge in [0, 0.05) is 32.0 Å². The van der Waals surface area contributed by atoms with Crippen molar-refractivity contribution in [2.45, 2.75) is 51.2 Å². The van der Waals surface area contributed by atoms with Gasteiger partial charge >= 0.3 is 0 Å². The Morgan fingerprint density at radius 1 is 1.39 bits per heavy atom. The van der Waals surface area contributed by atoms with Crippen LogP contribution < -0.4 is 10.5 Å². The number of nitrogens with zero attached hydrogens (tertiary/aromatic N) is 1. The summed E-state index contributed by atoms with van der Waals surface area (Å²) in [6.07, 6.45) is 2.51. The number of carbonyl (C=O) groups excluding carboxylic acids is 1. The van der Waals surface area contributed by atoms with Gasteiger partial charge in [-0.05, 0) is 25.5 Å². The van der Waals surface area contributed by atoms with Crippen LogP contribution in [0, 0.1) is 11.6 Å². The van der Waals surface area contributed by atoms with Crippen molar-refractivity contribution in [3.05, 3.63) is 29.8 Å². The van der Waals surface area contributed by atoms with Gasteiger partial charge in [0.1, 0.15) is 11.9 Å². The molecule has 4 nitrogen and oxygen atoms in total. The molecule has 23 heavy (non-hydrogen) atoms. The maximum atomic E-state index is 13.6. The number of rotatable bonds is 5. The molecule has 128 valence electrons. The molecule has 1 unspecified atom stereocenters. The Hall–Kier alpha value is -1.69. The SMILES string of the molecule is CCCC(C)(N)C(=O)N1CCC(Oc2ccc(F)cc2F)CC1. The standard InChI is InChI=1S/C17H24F2N2O2/c1-3-8-17(2,20)16(22)21-9-6-13(7-10-21)23-15-5-4-12(18)11-14(15)19/h4-5,11,13H,3,6-10,20H2,1-2H3.